The van der Waals surface area contributed by atoms with Crippen LogP contribution in [0.3, 0.4) is 0 Å². The SMILES string of the molecule is C=CCN(CC(=O)N1CCCCC1c1nc(-c2ccc(Br)cc2)no1)C(=O)CCCCCCCC. The highest BCUT2D eigenvalue weighted by Crippen LogP contribution is 2.31. The fraction of sp³-hybridized carbons (Fsp3) is 0.556. The Morgan fingerprint density at radius 1 is 1.17 bits per heavy atom. The van der Waals surface area contributed by atoms with Crippen LogP contribution in [0.5, 0.6) is 0 Å². The van der Waals surface area contributed by atoms with Gasteiger partial charge in [0.25, 0.3) is 0 Å². The number of hydrogen-bond acceptors (Lipinski definition) is 5. The first-order valence-electron chi connectivity index (χ1n) is 12.8. The molecule has 3 rings (SSSR count). The van der Waals surface area contributed by atoms with E-state index in [4.69, 9.17) is 4.52 Å². The molecule has 7 nitrogen and oxygen atoms in total. The summed E-state index contributed by atoms with van der Waals surface area (Å²) >= 11 is 3.43. The monoisotopic (exact) mass is 544 g/mol. The van der Waals surface area contributed by atoms with Crippen LogP contribution in [0.1, 0.15) is 83.1 Å². The van der Waals surface area contributed by atoms with Crippen molar-refractivity contribution in [2.45, 2.75) is 77.2 Å². The molecular formula is C27H37BrN4O3. The summed E-state index contributed by atoms with van der Waals surface area (Å²) < 4.78 is 6.58. The molecule has 1 atom stereocenters. The van der Waals surface area contributed by atoms with E-state index in [2.05, 4.69) is 39.6 Å². The van der Waals surface area contributed by atoms with Crippen molar-refractivity contribution in [2.24, 2.45) is 0 Å². The van der Waals surface area contributed by atoms with Crippen LogP contribution in [-0.4, -0.2) is 51.4 Å². The number of rotatable bonds is 13. The molecule has 1 unspecified atom stereocenters. The molecule has 1 aromatic carbocycles. The molecule has 2 aromatic rings. The van der Waals surface area contributed by atoms with Crippen molar-refractivity contribution >= 4 is 27.7 Å². The molecule has 35 heavy (non-hydrogen) atoms. The minimum Gasteiger partial charge on any atom is -0.337 e. The smallest absolute Gasteiger partial charge is 0.249 e. The van der Waals surface area contributed by atoms with E-state index < -0.39 is 0 Å². The van der Waals surface area contributed by atoms with Crippen LogP contribution in [0.4, 0.5) is 0 Å². The normalized spacial score (nSPS) is 15.7. The zero-order valence-electron chi connectivity index (χ0n) is 20.8. The Balaban J connectivity index is 1.62. The fourth-order valence-corrected chi connectivity index (χ4v) is 4.72. The highest BCUT2D eigenvalue weighted by Gasteiger charge is 2.33. The van der Waals surface area contributed by atoms with E-state index in [1.807, 2.05) is 24.3 Å². The molecule has 1 fully saturated rings. The summed E-state index contributed by atoms with van der Waals surface area (Å²) in [4.78, 5) is 34.2. The second kappa shape index (κ2) is 14.2. The summed E-state index contributed by atoms with van der Waals surface area (Å²) in [7, 11) is 0. The molecule has 0 aliphatic carbocycles. The van der Waals surface area contributed by atoms with Crippen molar-refractivity contribution in [3.8, 4) is 11.4 Å². The van der Waals surface area contributed by atoms with Gasteiger partial charge in [-0.1, -0.05) is 66.2 Å². The zero-order valence-corrected chi connectivity index (χ0v) is 22.3. The fourth-order valence-electron chi connectivity index (χ4n) is 4.45. The third kappa shape index (κ3) is 8.02. The van der Waals surface area contributed by atoms with Gasteiger partial charge in [-0.3, -0.25) is 9.59 Å². The Morgan fingerprint density at radius 2 is 1.91 bits per heavy atom. The molecule has 1 aromatic heterocycles. The standard InChI is InChI=1S/C27H37BrN4O3/c1-3-5-6-7-8-9-13-24(33)31(18-4-2)20-25(34)32-19-11-10-12-23(32)27-29-26(30-35-27)21-14-16-22(28)17-15-21/h4,14-17,23H,2-3,5-13,18-20H2,1H3. The predicted molar refractivity (Wildman–Crippen MR) is 141 cm³/mol. The number of aromatic nitrogens is 2. The van der Waals surface area contributed by atoms with E-state index in [0.29, 0.717) is 31.2 Å². The number of hydrogen-bond donors (Lipinski definition) is 0. The number of carbonyl (C=O) groups excluding carboxylic acids is 2. The summed E-state index contributed by atoms with van der Waals surface area (Å²) in [5, 5.41) is 4.15. The van der Waals surface area contributed by atoms with Gasteiger partial charge in [0.1, 0.15) is 12.6 Å². The number of piperidine rings is 1. The number of nitrogens with zero attached hydrogens (tertiary/aromatic N) is 4. The van der Waals surface area contributed by atoms with Crippen LogP contribution in [0.25, 0.3) is 11.4 Å². The largest absolute Gasteiger partial charge is 0.337 e. The van der Waals surface area contributed by atoms with E-state index in [0.717, 1.165) is 48.6 Å². The molecule has 190 valence electrons. The van der Waals surface area contributed by atoms with E-state index in [1.165, 1.54) is 19.3 Å². The molecule has 0 bridgehead atoms. The van der Waals surface area contributed by atoms with Gasteiger partial charge in [-0.05, 0) is 49.9 Å². The lowest BCUT2D eigenvalue weighted by atomic mass is 10.0. The Hall–Kier alpha value is -2.48. The first-order chi connectivity index (χ1) is 17.0. The molecule has 0 N–H and O–H groups in total. The molecule has 1 aliphatic rings. The van der Waals surface area contributed by atoms with Crippen LogP contribution >= 0.6 is 15.9 Å². The van der Waals surface area contributed by atoms with Crippen molar-refractivity contribution < 1.29 is 14.1 Å². The number of benzene rings is 1. The number of carbonyl (C=O) groups is 2. The summed E-state index contributed by atoms with van der Waals surface area (Å²) in [5.74, 6) is 0.881. The zero-order chi connectivity index (χ0) is 25.0. The van der Waals surface area contributed by atoms with Crippen LogP contribution in [-0.2, 0) is 9.59 Å². The first-order valence-corrected chi connectivity index (χ1v) is 13.6. The Kier molecular flexibility index (Phi) is 11.0. The van der Waals surface area contributed by atoms with Gasteiger partial charge in [0.15, 0.2) is 0 Å². The molecule has 1 aliphatic heterocycles. The molecule has 8 heteroatoms. The topological polar surface area (TPSA) is 79.5 Å². The van der Waals surface area contributed by atoms with Crippen LogP contribution in [0.2, 0.25) is 0 Å². The summed E-state index contributed by atoms with van der Waals surface area (Å²) in [5.41, 5.74) is 0.856. The van der Waals surface area contributed by atoms with Gasteiger partial charge in [-0.2, -0.15) is 4.98 Å². The molecule has 2 heterocycles. The Bertz CT molecular complexity index is 960. The Labute approximate surface area is 217 Å². The number of halogens is 1. The van der Waals surface area contributed by atoms with E-state index in [-0.39, 0.29) is 24.4 Å². The van der Waals surface area contributed by atoms with Gasteiger partial charge in [-0.25, -0.2) is 0 Å². The quantitative estimate of drug-likeness (QED) is 0.218. The number of unbranched alkanes of at least 4 members (excludes halogenated alkanes) is 5. The maximum absolute atomic E-state index is 13.3. The second-order valence-corrected chi connectivity index (χ2v) is 10.1. The highest BCUT2D eigenvalue weighted by atomic mass is 79.9. The molecular weight excluding hydrogens is 508 g/mol. The lowest BCUT2D eigenvalue weighted by molar-refractivity contribution is -0.143. The lowest BCUT2D eigenvalue weighted by Crippen LogP contribution is -2.46. The van der Waals surface area contributed by atoms with Crippen LogP contribution < -0.4 is 0 Å². The van der Waals surface area contributed by atoms with Crippen molar-refractivity contribution in [3.63, 3.8) is 0 Å². The maximum atomic E-state index is 13.3. The van der Waals surface area contributed by atoms with E-state index in [9.17, 15) is 9.59 Å². The van der Waals surface area contributed by atoms with Gasteiger partial charge in [0, 0.05) is 29.5 Å². The molecule has 1 saturated heterocycles. The molecule has 0 radical (unpaired) electrons. The van der Waals surface area contributed by atoms with Crippen molar-refractivity contribution in [3.05, 3.63) is 47.3 Å². The van der Waals surface area contributed by atoms with Gasteiger partial charge in [-0.15, -0.1) is 6.58 Å². The van der Waals surface area contributed by atoms with Crippen molar-refractivity contribution in [2.75, 3.05) is 19.6 Å². The van der Waals surface area contributed by atoms with Crippen molar-refractivity contribution in [1.82, 2.24) is 19.9 Å². The summed E-state index contributed by atoms with van der Waals surface area (Å²) in [6.07, 6.45) is 11.6. The van der Waals surface area contributed by atoms with E-state index >= 15 is 0 Å². The maximum Gasteiger partial charge on any atom is 0.249 e. The third-order valence-electron chi connectivity index (χ3n) is 6.42. The third-order valence-corrected chi connectivity index (χ3v) is 6.95. The minimum absolute atomic E-state index is 0.0117. The lowest BCUT2D eigenvalue weighted by Gasteiger charge is -2.35. The van der Waals surface area contributed by atoms with Crippen molar-refractivity contribution in [1.29, 1.82) is 0 Å². The summed E-state index contributed by atoms with van der Waals surface area (Å²) in [6.45, 7) is 7.01. The van der Waals surface area contributed by atoms with Gasteiger partial charge in [0.2, 0.25) is 23.5 Å². The first kappa shape index (κ1) is 27.1. The average Bonchev–Trinajstić information content (AvgIpc) is 3.36. The van der Waals surface area contributed by atoms with Gasteiger partial charge < -0.3 is 14.3 Å². The second-order valence-electron chi connectivity index (χ2n) is 9.14. The molecule has 0 spiro atoms. The van der Waals surface area contributed by atoms with Crippen LogP contribution in [0, 0.1) is 0 Å². The van der Waals surface area contributed by atoms with Crippen LogP contribution in [0.15, 0.2) is 45.9 Å². The van der Waals surface area contributed by atoms with Gasteiger partial charge in [0.05, 0.1) is 0 Å². The summed E-state index contributed by atoms with van der Waals surface area (Å²) in [6, 6.07) is 7.43. The van der Waals surface area contributed by atoms with E-state index in [1.54, 1.807) is 15.9 Å². The average molecular weight is 546 g/mol. The predicted octanol–water partition coefficient (Wildman–Crippen LogP) is 6.32. The molecule has 0 saturated carbocycles. The molecule has 2 amide bonds. The van der Waals surface area contributed by atoms with Gasteiger partial charge >= 0.3 is 0 Å². The minimum atomic E-state index is -0.271. The number of amides is 2. The Morgan fingerprint density at radius 3 is 2.66 bits per heavy atom. The highest BCUT2D eigenvalue weighted by molar-refractivity contribution is 9.10. The number of likely N-dealkylation sites (tertiary alicyclic amines) is 1.